The Hall–Kier alpha value is -2.07. The second-order valence-electron chi connectivity index (χ2n) is 6.22. The first-order valence-electron chi connectivity index (χ1n) is 8.53. The zero-order valence-corrected chi connectivity index (χ0v) is 17.0. The number of piperazine rings is 1. The van der Waals surface area contributed by atoms with Crippen LogP contribution in [-0.4, -0.2) is 49.1 Å². The van der Waals surface area contributed by atoms with Crippen molar-refractivity contribution in [2.75, 3.05) is 31.1 Å². The van der Waals surface area contributed by atoms with Crippen LogP contribution in [-0.2, 0) is 10.0 Å². The van der Waals surface area contributed by atoms with Crippen LogP contribution in [0.1, 0.15) is 0 Å². The van der Waals surface area contributed by atoms with Crippen molar-refractivity contribution in [3.8, 4) is 10.6 Å². The number of benzene rings is 1. The summed E-state index contributed by atoms with van der Waals surface area (Å²) in [5, 5.41) is 10.3. The van der Waals surface area contributed by atoms with E-state index in [1.807, 2.05) is 34.5 Å². The van der Waals surface area contributed by atoms with Gasteiger partial charge in [0.15, 0.2) is 5.82 Å². The molecule has 0 aliphatic carbocycles. The van der Waals surface area contributed by atoms with Crippen LogP contribution >= 0.6 is 22.9 Å². The number of halogens is 2. The van der Waals surface area contributed by atoms with Gasteiger partial charge in [-0.2, -0.15) is 4.31 Å². The van der Waals surface area contributed by atoms with Gasteiger partial charge in [-0.15, -0.1) is 21.5 Å². The Morgan fingerprint density at radius 2 is 1.82 bits per heavy atom. The minimum atomic E-state index is -3.72. The second kappa shape index (κ2) is 7.75. The molecule has 6 nitrogen and oxygen atoms in total. The average molecular weight is 439 g/mol. The number of hydrogen-bond donors (Lipinski definition) is 0. The summed E-state index contributed by atoms with van der Waals surface area (Å²) in [7, 11) is -3.72. The van der Waals surface area contributed by atoms with Crippen LogP contribution in [0.3, 0.4) is 0 Å². The third-order valence-corrected chi connectivity index (χ3v) is 7.59. The van der Waals surface area contributed by atoms with Crippen LogP contribution in [0, 0.1) is 5.82 Å². The van der Waals surface area contributed by atoms with Crippen molar-refractivity contribution in [2.24, 2.45) is 0 Å². The summed E-state index contributed by atoms with van der Waals surface area (Å²) in [6.07, 6.45) is 0. The number of anilines is 1. The molecule has 2 aromatic heterocycles. The first-order valence-corrected chi connectivity index (χ1v) is 11.2. The molecule has 1 saturated heterocycles. The van der Waals surface area contributed by atoms with Gasteiger partial charge in [-0.1, -0.05) is 17.7 Å². The number of hydrogen-bond acceptors (Lipinski definition) is 6. The van der Waals surface area contributed by atoms with E-state index in [9.17, 15) is 12.8 Å². The Labute approximate surface area is 171 Å². The highest BCUT2D eigenvalue weighted by Crippen LogP contribution is 2.25. The van der Waals surface area contributed by atoms with Crippen LogP contribution in [0.4, 0.5) is 10.2 Å². The average Bonchev–Trinajstić information content (AvgIpc) is 3.25. The summed E-state index contributed by atoms with van der Waals surface area (Å²) in [5.41, 5.74) is 0.813. The Morgan fingerprint density at radius 1 is 1.04 bits per heavy atom. The quantitative estimate of drug-likeness (QED) is 0.623. The van der Waals surface area contributed by atoms with Gasteiger partial charge in [0.25, 0.3) is 0 Å². The topological polar surface area (TPSA) is 66.4 Å². The lowest BCUT2D eigenvalue weighted by Crippen LogP contribution is -2.49. The van der Waals surface area contributed by atoms with Crippen LogP contribution in [0.5, 0.6) is 0 Å². The summed E-state index contributed by atoms with van der Waals surface area (Å²) in [5.74, 6) is 0.0668. The molecule has 0 unspecified atom stereocenters. The lowest BCUT2D eigenvalue weighted by Gasteiger charge is -2.34. The molecule has 0 bridgehead atoms. The van der Waals surface area contributed by atoms with E-state index in [1.54, 1.807) is 11.3 Å². The second-order valence-corrected chi connectivity index (χ2v) is 9.51. The van der Waals surface area contributed by atoms with E-state index in [2.05, 4.69) is 10.2 Å². The molecule has 3 aromatic rings. The molecule has 1 aromatic carbocycles. The highest BCUT2D eigenvalue weighted by atomic mass is 35.5. The minimum absolute atomic E-state index is 0.00700. The molecule has 1 aliphatic rings. The molecule has 4 rings (SSSR count). The monoisotopic (exact) mass is 438 g/mol. The molecular formula is C18H16ClFN4O2S2. The molecule has 0 amide bonds. The molecule has 1 fully saturated rings. The minimum Gasteiger partial charge on any atom is -0.352 e. The van der Waals surface area contributed by atoms with Crippen molar-refractivity contribution in [1.29, 1.82) is 0 Å². The molecular weight excluding hydrogens is 423 g/mol. The van der Waals surface area contributed by atoms with Gasteiger partial charge in [-0.25, -0.2) is 12.8 Å². The fourth-order valence-corrected chi connectivity index (χ4v) is 5.38. The summed E-state index contributed by atoms with van der Waals surface area (Å²) >= 11 is 7.33. The molecule has 1 aliphatic heterocycles. The number of rotatable bonds is 4. The van der Waals surface area contributed by atoms with E-state index in [0.29, 0.717) is 32.0 Å². The van der Waals surface area contributed by atoms with E-state index < -0.39 is 15.8 Å². The van der Waals surface area contributed by atoms with Gasteiger partial charge in [0.1, 0.15) is 11.5 Å². The summed E-state index contributed by atoms with van der Waals surface area (Å²) in [6.45, 7) is 1.57. The van der Waals surface area contributed by atoms with Crippen molar-refractivity contribution in [3.63, 3.8) is 0 Å². The Morgan fingerprint density at radius 3 is 2.43 bits per heavy atom. The predicted octanol–water partition coefficient (Wildman–Crippen LogP) is 3.51. The van der Waals surface area contributed by atoms with Gasteiger partial charge in [-0.05, 0) is 41.8 Å². The standard InChI is InChI=1S/C18H16ClFN4O2S2/c19-14-12-13(3-4-15(14)20)28(25,26)24-9-7-23(8-10-24)18-6-5-16(21-22-18)17-2-1-11-27-17/h1-6,11-12H,7-10H2. The molecule has 0 saturated carbocycles. The number of sulfonamides is 1. The number of aromatic nitrogens is 2. The molecule has 0 atom stereocenters. The molecule has 28 heavy (non-hydrogen) atoms. The Bertz CT molecular complexity index is 1070. The van der Waals surface area contributed by atoms with Gasteiger partial charge in [-0.3, -0.25) is 0 Å². The molecule has 3 heterocycles. The normalized spacial score (nSPS) is 15.7. The van der Waals surface area contributed by atoms with Gasteiger partial charge in [0.2, 0.25) is 10.0 Å². The van der Waals surface area contributed by atoms with E-state index in [1.165, 1.54) is 10.4 Å². The first kappa shape index (κ1) is 19.3. The largest absolute Gasteiger partial charge is 0.352 e. The zero-order chi connectivity index (χ0) is 19.7. The van der Waals surface area contributed by atoms with Crippen LogP contribution in [0.15, 0.2) is 52.7 Å². The van der Waals surface area contributed by atoms with E-state index >= 15 is 0 Å². The maximum atomic E-state index is 13.3. The summed E-state index contributed by atoms with van der Waals surface area (Å²) < 4.78 is 40.2. The SMILES string of the molecule is O=S(=O)(c1ccc(F)c(Cl)c1)N1CCN(c2ccc(-c3cccs3)nn2)CC1. The summed E-state index contributed by atoms with van der Waals surface area (Å²) in [6, 6.07) is 11.2. The molecule has 0 radical (unpaired) electrons. The van der Waals surface area contributed by atoms with Crippen LogP contribution in [0.2, 0.25) is 5.02 Å². The van der Waals surface area contributed by atoms with E-state index in [0.717, 1.165) is 22.7 Å². The van der Waals surface area contributed by atoms with Crippen molar-refractivity contribution in [2.45, 2.75) is 4.90 Å². The van der Waals surface area contributed by atoms with Gasteiger partial charge in [0, 0.05) is 26.2 Å². The smallest absolute Gasteiger partial charge is 0.243 e. The van der Waals surface area contributed by atoms with E-state index in [4.69, 9.17) is 11.6 Å². The van der Waals surface area contributed by atoms with Gasteiger partial charge < -0.3 is 4.90 Å². The fourth-order valence-electron chi connectivity index (χ4n) is 2.99. The summed E-state index contributed by atoms with van der Waals surface area (Å²) in [4.78, 5) is 3.04. The predicted molar refractivity (Wildman–Crippen MR) is 108 cm³/mol. The highest BCUT2D eigenvalue weighted by Gasteiger charge is 2.29. The fraction of sp³-hybridized carbons (Fsp3) is 0.222. The Kier molecular flexibility index (Phi) is 5.33. The number of thiophene rings is 1. The van der Waals surface area contributed by atoms with Crippen molar-refractivity contribution < 1.29 is 12.8 Å². The third-order valence-electron chi connectivity index (χ3n) is 4.52. The number of nitrogens with zero attached hydrogens (tertiary/aromatic N) is 4. The van der Waals surface area contributed by atoms with Gasteiger partial charge >= 0.3 is 0 Å². The van der Waals surface area contributed by atoms with Crippen molar-refractivity contribution >= 4 is 38.8 Å². The molecule has 0 N–H and O–H groups in total. The Balaban J connectivity index is 1.44. The molecule has 0 spiro atoms. The molecule has 146 valence electrons. The van der Waals surface area contributed by atoms with Gasteiger partial charge in [0.05, 0.1) is 14.8 Å². The van der Waals surface area contributed by atoms with E-state index in [-0.39, 0.29) is 9.92 Å². The molecule has 10 heteroatoms. The highest BCUT2D eigenvalue weighted by molar-refractivity contribution is 7.89. The maximum absolute atomic E-state index is 13.3. The third kappa shape index (κ3) is 3.75. The van der Waals surface area contributed by atoms with Crippen LogP contribution in [0.25, 0.3) is 10.6 Å². The first-order chi connectivity index (χ1) is 13.4. The lowest BCUT2D eigenvalue weighted by molar-refractivity contribution is 0.383. The van der Waals surface area contributed by atoms with Crippen molar-refractivity contribution in [3.05, 3.63) is 58.7 Å². The van der Waals surface area contributed by atoms with Crippen molar-refractivity contribution in [1.82, 2.24) is 14.5 Å². The zero-order valence-electron chi connectivity index (χ0n) is 14.6. The maximum Gasteiger partial charge on any atom is 0.243 e. The lowest BCUT2D eigenvalue weighted by atomic mass is 10.3. The van der Waals surface area contributed by atoms with Crippen LogP contribution < -0.4 is 4.90 Å².